The molecule has 1 aliphatic rings. The molecule has 1 atom stereocenters. The van der Waals surface area contributed by atoms with E-state index < -0.39 is 15.9 Å². The zero-order valence-corrected chi connectivity index (χ0v) is 18.8. The maximum absolute atomic E-state index is 13.2. The van der Waals surface area contributed by atoms with Crippen LogP contribution in [0.3, 0.4) is 0 Å². The van der Waals surface area contributed by atoms with Gasteiger partial charge in [-0.1, -0.05) is 0 Å². The molecule has 2 heterocycles. The summed E-state index contributed by atoms with van der Waals surface area (Å²) >= 11 is 1.40. The van der Waals surface area contributed by atoms with Crippen molar-refractivity contribution in [1.82, 2.24) is 8.68 Å². The lowest BCUT2D eigenvalue weighted by Gasteiger charge is -2.31. The Kier molecular flexibility index (Phi) is 6.12. The number of hydrogen-bond donors (Lipinski definition) is 1. The molecule has 1 N–H and O–H groups in total. The van der Waals surface area contributed by atoms with Crippen molar-refractivity contribution in [1.29, 1.82) is 0 Å². The Labute approximate surface area is 185 Å². The van der Waals surface area contributed by atoms with Crippen LogP contribution < -0.4 is 14.8 Å². The molecule has 0 spiro atoms. The van der Waals surface area contributed by atoms with E-state index in [1.165, 1.54) is 42.2 Å². The molecule has 1 aliphatic heterocycles. The van der Waals surface area contributed by atoms with Gasteiger partial charge in [-0.15, -0.1) is 0 Å². The molecule has 1 aromatic heterocycles. The number of anilines is 1. The van der Waals surface area contributed by atoms with Crippen LogP contribution in [0.25, 0.3) is 10.1 Å². The van der Waals surface area contributed by atoms with E-state index in [9.17, 15) is 13.2 Å². The van der Waals surface area contributed by atoms with E-state index in [-0.39, 0.29) is 17.3 Å². The Morgan fingerprint density at radius 3 is 2.74 bits per heavy atom. The summed E-state index contributed by atoms with van der Waals surface area (Å²) in [5.74, 6) is 0.179. The number of nitrogens with zero attached hydrogens (tertiary/aromatic N) is 2. The molecule has 0 bridgehead atoms. The number of carbonyl (C=O) groups is 1. The fraction of sp³-hybridized carbons (Fsp3) is 0.333. The first kappa shape index (κ1) is 21.5. The third-order valence-corrected chi connectivity index (χ3v) is 8.01. The van der Waals surface area contributed by atoms with Crippen LogP contribution in [-0.4, -0.2) is 50.3 Å². The second-order valence-corrected chi connectivity index (χ2v) is 10.1. The van der Waals surface area contributed by atoms with Gasteiger partial charge >= 0.3 is 0 Å². The smallest absolute Gasteiger partial charge is 0.243 e. The minimum Gasteiger partial charge on any atom is -0.493 e. The van der Waals surface area contributed by atoms with Gasteiger partial charge in [-0.2, -0.15) is 8.68 Å². The van der Waals surface area contributed by atoms with Crippen molar-refractivity contribution in [2.45, 2.75) is 17.7 Å². The summed E-state index contributed by atoms with van der Waals surface area (Å²) in [6, 6.07) is 10.1. The van der Waals surface area contributed by atoms with E-state index in [1.54, 1.807) is 12.3 Å². The number of ether oxygens (including phenoxy) is 2. The van der Waals surface area contributed by atoms with Crippen LogP contribution in [-0.2, 0) is 14.8 Å². The molecule has 164 valence electrons. The molecule has 31 heavy (non-hydrogen) atoms. The molecule has 4 rings (SSSR count). The molecule has 10 heteroatoms. The molecule has 3 aromatic rings. The van der Waals surface area contributed by atoms with Gasteiger partial charge in [0.25, 0.3) is 0 Å². The van der Waals surface area contributed by atoms with Crippen molar-refractivity contribution in [3.63, 3.8) is 0 Å². The van der Waals surface area contributed by atoms with Gasteiger partial charge in [-0.3, -0.25) is 4.79 Å². The third kappa shape index (κ3) is 4.36. The van der Waals surface area contributed by atoms with Crippen molar-refractivity contribution < 1.29 is 22.7 Å². The molecular formula is C21H23N3O5S2. The Hall–Kier alpha value is -2.69. The largest absolute Gasteiger partial charge is 0.493 e. The molecule has 0 aliphatic carbocycles. The van der Waals surface area contributed by atoms with E-state index in [1.807, 2.05) is 18.2 Å². The van der Waals surface area contributed by atoms with E-state index in [4.69, 9.17) is 9.47 Å². The summed E-state index contributed by atoms with van der Waals surface area (Å²) in [6.07, 6.45) is 3.00. The predicted molar refractivity (Wildman–Crippen MR) is 119 cm³/mol. The van der Waals surface area contributed by atoms with Crippen molar-refractivity contribution in [2.24, 2.45) is 5.92 Å². The Morgan fingerprint density at radius 2 is 1.97 bits per heavy atom. The van der Waals surface area contributed by atoms with Crippen LogP contribution in [0.15, 0.2) is 47.5 Å². The first-order valence-corrected chi connectivity index (χ1v) is 12.0. The van der Waals surface area contributed by atoms with Gasteiger partial charge in [0.1, 0.15) is 0 Å². The number of rotatable bonds is 6. The summed E-state index contributed by atoms with van der Waals surface area (Å²) in [7, 11) is -0.819. The zero-order chi connectivity index (χ0) is 22.0. The third-order valence-electron chi connectivity index (χ3n) is 5.37. The van der Waals surface area contributed by atoms with Crippen LogP contribution in [0, 0.1) is 5.92 Å². The van der Waals surface area contributed by atoms with E-state index in [2.05, 4.69) is 9.69 Å². The van der Waals surface area contributed by atoms with Gasteiger partial charge in [0.05, 0.1) is 29.7 Å². The van der Waals surface area contributed by atoms with Crippen molar-refractivity contribution in [2.75, 3.05) is 32.6 Å². The molecule has 2 aromatic carbocycles. The number of benzene rings is 2. The molecule has 1 saturated heterocycles. The summed E-state index contributed by atoms with van der Waals surface area (Å²) < 4.78 is 43.4. The molecule has 0 unspecified atom stereocenters. The molecule has 8 nitrogen and oxygen atoms in total. The Morgan fingerprint density at radius 1 is 1.16 bits per heavy atom. The van der Waals surface area contributed by atoms with Gasteiger partial charge in [0.15, 0.2) is 11.5 Å². The average Bonchev–Trinajstić information content (AvgIpc) is 3.26. The topological polar surface area (TPSA) is 97.8 Å². The van der Waals surface area contributed by atoms with Crippen molar-refractivity contribution >= 4 is 43.2 Å². The number of aromatic nitrogens is 1. The quantitative estimate of drug-likeness (QED) is 0.605. The summed E-state index contributed by atoms with van der Waals surface area (Å²) in [5.41, 5.74) is 0.678. The van der Waals surface area contributed by atoms with Gasteiger partial charge in [0.2, 0.25) is 15.9 Å². The SMILES string of the molecule is COc1ccc(S(=O)(=O)N2CCC[C@H](C(=O)Nc3ccc4sncc4c3)C2)cc1OC. The van der Waals surface area contributed by atoms with E-state index in [0.29, 0.717) is 36.6 Å². The average molecular weight is 462 g/mol. The summed E-state index contributed by atoms with van der Waals surface area (Å²) in [6.45, 7) is 0.498. The van der Waals surface area contributed by atoms with Gasteiger partial charge in [-0.05, 0) is 54.7 Å². The number of methoxy groups -OCH3 is 2. The molecule has 1 amide bonds. The maximum atomic E-state index is 13.2. The highest BCUT2D eigenvalue weighted by Gasteiger charge is 2.33. The monoisotopic (exact) mass is 461 g/mol. The Balaban J connectivity index is 1.50. The fourth-order valence-electron chi connectivity index (χ4n) is 3.70. The highest BCUT2D eigenvalue weighted by Crippen LogP contribution is 2.32. The van der Waals surface area contributed by atoms with Crippen LogP contribution in [0.2, 0.25) is 0 Å². The number of sulfonamides is 1. The summed E-state index contributed by atoms with van der Waals surface area (Å²) in [4.78, 5) is 13.0. The molecule has 1 fully saturated rings. The van der Waals surface area contributed by atoms with Crippen LogP contribution in [0.5, 0.6) is 11.5 Å². The highest BCUT2D eigenvalue weighted by molar-refractivity contribution is 7.89. The lowest BCUT2D eigenvalue weighted by atomic mass is 9.98. The van der Waals surface area contributed by atoms with Crippen molar-refractivity contribution in [3.05, 3.63) is 42.6 Å². The zero-order valence-electron chi connectivity index (χ0n) is 17.2. The fourth-order valence-corrected chi connectivity index (χ4v) is 5.86. The van der Waals surface area contributed by atoms with Gasteiger partial charge in [-0.25, -0.2) is 8.42 Å². The second kappa shape index (κ2) is 8.81. The first-order chi connectivity index (χ1) is 14.9. The first-order valence-electron chi connectivity index (χ1n) is 9.80. The minimum absolute atomic E-state index is 0.113. The normalized spacial score (nSPS) is 17.4. The van der Waals surface area contributed by atoms with Crippen LogP contribution >= 0.6 is 11.5 Å². The van der Waals surface area contributed by atoms with Gasteiger partial charge in [0, 0.05) is 36.4 Å². The standard InChI is InChI=1S/C21H23N3O5S2/c1-28-18-7-6-17(11-19(18)29-2)31(26,27)24-9-3-4-14(13-24)21(25)23-16-5-8-20-15(10-16)12-22-30-20/h5-8,10-12,14H,3-4,9,13H2,1-2H3,(H,23,25)/t14-/m0/s1. The maximum Gasteiger partial charge on any atom is 0.243 e. The van der Waals surface area contributed by atoms with E-state index in [0.717, 1.165) is 10.1 Å². The lowest BCUT2D eigenvalue weighted by Crippen LogP contribution is -2.43. The number of piperidine rings is 1. The number of hydrogen-bond acceptors (Lipinski definition) is 7. The van der Waals surface area contributed by atoms with Crippen LogP contribution in [0.4, 0.5) is 5.69 Å². The highest BCUT2D eigenvalue weighted by atomic mass is 32.2. The Bertz CT molecular complexity index is 1210. The number of carbonyl (C=O) groups excluding carboxylic acids is 1. The molecular weight excluding hydrogens is 438 g/mol. The van der Waals surface area contributed by atoms with Gasteiger partial charge < -0.3 is 14.8 Å². The number of nitrogens with one attached hydrogen (secondary N) is 1. The second-order valence-electron chi connectivity index (χ2n) is 7.29. The number of fused-ring (bicyclic) bond motifs is 1. The van der Waals surface area contributed by atoms with E-state index >= 15 is 0 Å². The van der Waals surface area contributed by atoms with Crippen LogP contribution in [0.1, 0.15) is 12.8 Å². The van der Waals surface area contributed by atoms with Crippen molar-refractivity contribution in [3.8, 4) is 11.5 Å². The lowest BCUT2D eigenvalue weighted by molar-refractivity contribution is -0.120. The molecule has 0 saturated carbocycles. The minimum atomic E-state index is -3.77. The predicted octanol–water partition coefficient (Wildman–Crippen LogP) is 3.35. The summed E-state index contributed by atoms with van der Waals surface area (Å²) in [5, 5.41) is 3.88. The number of amides is 1. The molecule has 0 radical (unpaired) electrons.